The lowest BCUT2D eigenvalue weighted by Gasteiger charge is -2.12. The van der Waals surface area contributed by atoms with E-state index in [1.54, 1.807) is 30.3 Å². The Balaban J connectivity index is 1.70. The molecule has 0 saturated heterocycles. The Bertz CT molecular complexity index is 1500. The van der Waals surface area contributed by atoms with E-state index < -0.39 is 15.0 Å². The maximum Gasteiger partial charge on any atom is 0.296 e. The number of phenols is 1. The zero-order valence-corrected chi connectivity index (χ0v) is 18.7. The van der Waals surface area contributed by atoms with E-state index in [2.05, 4.69) is 20.5 Å². The molecule has 0 amide bonds. The summed E-state index contributed by atoms with van der Waals surface area (Å²) >= 11 is 0. The van der Waals surface area contributed by atoms with Crippen LogP contribution in [0.3, 0.4) is 0 Å². The van der Waals surface area contributed by atoms with Crippen LogP contribution in [-0.2, 0) is 10.1 Å². The predicted octanol–water partition coefficient (Wildman–Crippen LogP) is 7.24. The number of benzene rings is 4. The number of rotatable bonds is 5. The molecular formula is C24H20N4O4S. The molecule has 0 aliphatic carbocycles. The number of phenolic OH excluding ortho intramolecular Hbond substituents is 1. The van der Waals surface area contributed by atoms with Crippen molar-refractivity contribution < 1.29 is 18.1 Å². The second-order valence-electron chi connectivity index (χ2n) is 7.40. The zero-order valence-electron chi connectivity index (χ0n) is 17.8. The summed E-state index contributed by atoms with van der Waals surface area (Å²) in [6.07, 6.45) is 0. The highest BCUT2D eigenvalue weighted by Gasteiger charge is 2.22. The first kappa shape index (κ1) is 22.3. The minimum Gasteiger partial charge on any atom is -0.505 e. The van der Waals surface area contributed by atoms with Gasteiger partial charge in [0.05, 0.1) is 17.1 Å². The van der Waals surface area contributed by atoms with Gasteiger partial charge in [0.25, 0.3) is 10.1 Å². The van der Waals surface area contributed by atoms with E-state index in [1.165, 1.54) is 6.07 Å². The molecule has 0 atom stereocenters. The molecule has 0 saturated carbocycles. The second kappa shape index (κ2) is 8.89. The topological polar surface area (TPSA) is 124 Å². The molecule has 0 aliphatic heterocycles. The highest BCUT2D eigenvalue weighted by atomic mass is 32.2. The number of aryl methyl sites for hydroxylation is 2. The van der Waals surface area contributed by atoms with Gasteiger partial charge in [0.1, 0.15) is 10.6 Å². The van der Waals surface area contributed by atoms with E-state index in [-0.39, 0.29) is 11.4 Å². The zero-order chi connectivity index (χ0) is 23.6. The standard InChI is InChI=1S/C24H20N4O4S/c1-15-8-13-20-21(16(15)2)14-22(33(30,31)32)23(24(20)29)28-27-19-11-9-18(10-12-19)26-25-17-6-4-3-5-7-17/h3-14,29H,1-2H3,(H,30,31,32). The van der Waals surface area contributed by atoms with Crippen LogP contribution in [-0.4, -0.2) is 18.1 Å². The van der Waals surface area contributed by atoms with Crippen molar-refractivity contribution in [2.45, 2.75) is 18.7 Å². The predicted molar refractivity (Wildman–Crippen MR) is 126 cm³/mol. The lowest BCUT2D eigenvalue weighted by atomic mass is 10.00. The van der Waals surface area contributed by atoms with E-state index in [4.69, 9.17) is 0 Å². The Morgan fingerprint density at radius 2 is 1.24 bits per heavy atom. The minimum atomic E-state index is -4.66. The van der Waals surface area contributed by atoms with Crippen LogP contribution >= 0.6 is 0 Å². The van der Waals surface area contributed by atoms with Gasteiger partial charge in [0.15, 0.2) is 5.75 Å². The Morgan fingerprint density at radius 3 is 1.82 bits per heavy atom. The van der Waals surface area contributed by atoms with E-state index in [9.17, 15) is 18.1 Å². The van der Waals surface area contributed by atoms with Crippen molar-refractivity contribution in [3.8, 4) is 5.75 Å². The highest BCUT2D eigenvalue weighted by molar-refractivity contribution is 7.86. The van der Waals surface area contributed by atoms with E-state index in [0.717, 1.165) is 16.8 Å². The first-order valence-corrected chi connectivity index (χ1v) is 11.4. The van der Waals surface area contributed by atoms with Crippen molar-refractivity contribution in [1.29, 1.82) is 0 Å². The van der Waals surface area contributed by atoms with Crippen molar-refractivity contribution in [2.75, 3.05) is 0 Å². The molecule has 8 nitrogen and oxygen atoms in total. The number of nitrogens with zero attached hydrogens (tertiary/aromatic N) is 4. The molecule has 0 bridgehead atoms. The quantitative estimate of drug-likeness (QED) is 0.240. The van der Waals surface area contributed by atoms with Crippen LogP contribution in [0.25, 0.3) is 10.8 Å². The molecule has 0 spiro atoms. The molecule has 4 aromatic rings. The summed E-state index contributed by atoms with van der Waals surface area (Å²) in [6, 6.07) is 20.7. The van der Waals surface area contributed by atoms with Crippen LogP contribution in [0.2, 0.25) is 0 Å². The van der Waals surface area contributed by atoms with Gasteiger partial charge in [-0.05, 0) is 72.8 Å². The minimum absolute atomic E-state index is 0.332. The van der Waals surface area contributed by atoms with Crippen molar-refractivity contribution in [2.24, 2.45) is 20.5 Å². The Morgan fingerprint density at radius 1 is 0.697 bits per heavy atom. The van der Waals surface area contributed by atoms with Crippen LogP contribution in [0.5, 0.6) is 5.75 Å². The number of fused-ring (bicyclic) bond motifs is 1. The number of hydrogen-bond acceptors (Lipinski definition) is 7. The molecule has 0 radical (unpaired) electrons. The summed E-state index contributed by atoms with van der Waals surface area (Å²) in [5.41, 5.74) is 3.08. The third-order valence-corrected chi connectivity index (χ3v) is 6.07. The highest BCUT2D eigenvalue weighted by Crippen LogP contribution is 2.42. The molecule has 166 valence electrons. The third kappa shape index (κ3) is 4.79. The summed E-state index contributed by atoms with van der Waals surface area (Å²) in [7, 11) is -4.66. The number of azo groups is 2. The molecule has 2 N–H and O–H groups in total. The molecule has 33 heavy (non-hydrogen) atoms. The van der Waals surface area contributed by atoms with Gasteiger partial charge in [-0.15, -0.1) is 5.11 Å². The van der Waals surface area contributed by atoms with Crippen LogP contribution in [0.1, 0.15) is 11.1 Å². The molecule has 9 heteroatoms. The Labute approximate surface area is 190 Å². The monoisotopic (exact) mass is 460 g/mol. The third-order valence-electron chi connectivity index (χ3n) is 5.20. The first-order chi connectivity index (χ1) is 15.7. The van der Waals surface area contributed by atoms with Gasteiger partial charge < -0.3 is 5.11 Å². The van der Waals surface area contributed by atoms with Gasteiger partial charge in [-0.25, -0.2) is 0 Å². The number of hydrogen-bond donors (Lipinski definition) is 2. The van der Waals surface area contributed by atoms with Crippen LogP contribution in [0.4, 0.5) is 22.7 Å². The number of aromatic hydroxyl groups is 1. The average molecular weight is 461 g/mol. The smallest absolute Gasteiger partial charge is 0.296 e. The molecule has 0 unspecified atom stereocenters. The summed E-state index contributed by atoms with van der Waals surface area (Å²) < 4.78 is 33.8. The van der Waals surface area contributed by atoms with Gasteiger partial charge in [-0.3, -0.25) is 4.55 Å². The van der Waals surface area contributed by atoms with Crippen LogP contribution in [0, 0.1) is 13.8 Å². The van der Waals surface area contributed by atoms with Crippen LogP contribution < -0.4 is 0 Å². The van der Waals surface area contributed by atoms with Gasteiger partial charge in [0.2, 0.25) is 0 Å². The molecule has 0 heterocycles. The first-order valence-electron chi connectivity index (χ1n) is 9.96. The largest absolute Gasteiger partial charge is 0.505 e. The summed E-state index contributed by atoms with van der Waals surface area (Å²) in [6.45, 7) is 3.68. The molecule has 0 fully saturated rings. The Hall–Kier alpha value is -3.95. The van der Waals surface area contributed by atoms with Crippen molar-refractivity contribution in [1.82, 2.24) is 0 Å². The lowest BCUT2D eigenvalue weighted by Crippen LogP contribution is -1.99. The van der Waals surface area contributed by atoms with Gasteiger partial charge in [-0.2, -0.15) is 23.8 Å². The molecular weight excluding hydrogens is 440 g/mol. The van der Waals surface area contributed by atoms with E-state index >= 15 is 0 Å². The Kier molecular flexibility index (Phi) is 5.99. The molecule has 0 aromatic heterocycles. The fourth-order valence-corrected chi connectivity index (χ4v) is 3.92. The fourth-order valence-electron chi connectivity index (χ4n) is 3.27. The molecule has 0 aliphatic rings. The van der Waals surface area contributed by atoms with Gasteiger partial charge in [-0.1, -0.05) is 30.3 Å². The molecule has 4 aromatic carbocycles. The molecule has 4 rings (SSSR count). The maximum absolute atomic E-state index is 12.0. The summed E-state index contributed by atoms with van der Waals surface area (Å²) in [5, 5.41) is 27.9. The summed E-state index contributed by atoms with van der Waals surface area (Å²) in [5.74, 6) is -0.375. The van der Waals surface area contributed by atoms with E-state index in [0.29, 0.717) is 22.1 Å². The van der Waals surface area contributed by atoms with Gasteiger partial charge >= 0.3 is 0 Å². The normalized spacial score (nSPS) is 12.2. The fraction of sp³-hybridized carbons (Fsp3) is 0.0833. The van der Waals surface area contributed by atoms with Crippen molar-refractivity contribution in [3.63, 3.8) is 0 Å². The van der Waals surface area contributed by atoms with Crippen LogP contribution in [0.15, 0.2) is 98.1 Å². The SMILES string of the molecule is Cc1ccc2c(O)c(N=Nc3ccc(N=Nc4ccccc4)cc3)c(S(=O)(=O)O)cc2c1C. The maximum atomic E-state index is 12.0. The second-order valence-corrected chi connectivity index (χ2v) is 8.79. The van der Waals surface area contributed by atoms with E-state index in [1.807, 2.05) is 50.2 Å². The lowest BCUT2D eigenvalue weighted by molar-refractivity contribution is 0.472. The van der Waals surface area contributed by atoms with Crippen molar-refractivity contribution in [3.05, 3.63) is 83.9 Å². The van der Waals surface area contributed by atoms with Gasteiger partial charge in [0, 0.05) is 5.39 Å². The van der Waals surface area contributed by atoms with Crippen molar-refractivity contribution >= 4 is 43.6 Å². The summed E-state index contributed by atoms with van der Waals surface area (Å²) in [4.78, 5) is -0.516. The average Bonchev–Trinajstić information content (AvgIpc) is 2.80.